The van der Waals surface area contributed by atoms with Crippen molar-refractivity contribution in [1.29, 1.82) is 0 Å². The molecule has 0 bridgehead atoms. The van der Waals surface area contributed by atoms with Crippen LogP contribution in [0.4, 0.5) is 0 Å². The largest absolute Gasteiger partial charge is 0.543 e. The van der Waals surface area contributed by atoms with Crippen molar-refractivity contribution in [2.45, 2.75) is 32.7 Å². The van der Waals surface area contributed by atoms with E-state index in [9.17, 15) is 9.90 Å². The van der Waals surface area contributed by atoms with Gasteiger partial charge in [0.1, 0.15) is 18.0 Å². The van der Waals surface area contributed by atoms with E-state index in [0.717, 1.165) is 13.1 Å². The Labute approximate surface area is 94.0 Å². The van der Waals surface area contributed by atoms with E-state index in [1.807, 2.05) is 0 Å². The molecule has 0 atom stereocenters. The van der Waals surface area contributed by atoms with E-state index in [4.69, 9.17) is 4.52 Å². The van der Waals surface area contributed by atoms with Crippen molar-refractivity contribution >= 4 is 5.97 Å². The summed E-state index contributed by atoms with van der Waals surface area (Å²) >= 11 is 0. The van der Waals surface area contributed by atoms with Crippen LogP contribution in [0.1, 0.15) is 41.1 Å². The normalized spacial score (nSPS) is 17.6. The summed E-state index contributed by atoms with van der Waals surface area (Å²) in [6.45, 7) is 4.62. The van der Waals surface area contributed by atoms with E-state index in [-0.39, 0.29) is 5.69 Å². The van der Waals surface area contributed by atoms with Gasteiger partial charge >= 0.3 is 0 Å². The summed E-state index contributed by atoms with van der Waals surface area (Å²) < 4.78 is 4.91. The van der Waals surface area contributed by atoms with Crippen LogP contribution in [0.5, 0.6) is 0 Å². The fourth-order valence-electron chi connectivity index (χ4n) is 2.24. The molecule has 0 amide bonds. The van der Waals surface area contributed by atoms with Crippen molar-refractivity contribution < 1.29 is 19.3 Å². The molecular weight excluding hydrogens is 208 g/mol. The second-order valence-electron chi connectivity index (χ2n) is 4.34. The van der Waals surface area contributed by atoms with Crippen molar-refractivity contribution in [1.82, 2.24) is 5.16 Å². The SMILES string of the molecule is Cc1onc(C(=O)[O-])c1C[NH+]1CCCCC1. The van der Waals surface area contributed by atoms with Gasteiger partial charge in [0, 0.05) is 0 Å². The van der Waals surface area contributed by atoms with Gasteiger partial charge in [-0.25, -0.2) is 0 Å². The zero-order chi connectivity index (χ0) is 11.5. The maximum absolute atomic E-state index is 10.8. The lowest BCUT2D eigenvalue weighted by Gasteiger charge is -2.23. The van der Waals surface area contributed by atoms with Crippen molar-refractivity contribution in [2.24, 2.45) is 0 Å². The zero-order valence-corrected chi connectivity index (χ0v) is 9.41. The van der Waals surface area contributed by atoms with Gasteiger partial charge in [-0.2, -0.15) is 0 Å². The Morgan fingerprint density at radius 3 is 2.75 bits per heavy atom. The van der Waals surface area contributed by atoms with Gasteiger partial charge in [0.25, 0.3) is 0 Å². The average molecular weight is 224 g/mol. The number of nitrogens with zero attached hydrogens (tertiary/aromatic N) is 1. The van der Waals surface area contributed by atoms with E-state index >= 15 is 0 Å². The number of quaternary nitrogens is 1. The predicted octanol–water partition coefficient (Wildman–Crippen LogP) is -1.08. The van der Waals surface area contributed by atoms with Crippen molar-refractivity contribution in [3.8, 4) is 0 Å². The molecule has 1 aromatic rings. The molecule has 2 heterocycles. The number of rotatable bonds is 3. The molecule has 88 valence electrons. The smallest absolute Gasteiger partial charge is 0.143 e. The lowest BCUT2D eigenvalue weighted by molar-refractivity contribution is -0.918. The van der Waals surface area contributed by atoms with Crippen LogP contribution in [0, 0.1) is 6.92 Å². The van der Waals surface area contributed by atoms with Crippen LogP contribution in [0.25, 0.3) is 0 Å². The molecule has 0 radical (unpaired) electrons. The van der Waals surface area contributed by atoms with Crippen LogP contribution in [-0.4, -0.2) is 24.2 Å². The number of carboxylic acid groups (broad SMARTS) is 1. The van der Waals surface area contributed by atoms with Gasteiger partial charge in [-0.15, -0.1) is 0 Å². The number of hydrogen-bond acceptors (Lipinski definition) is 4. The first-order valence-electron chi connectivity index (χ1n) is 5.68. The first kappa shape index (κ1) is 11.1. The third-order valence-corrected chi connectivity index (χ3v) is 3.17. The average Bonchev–Trinajstić information content (AvgIpc) is 2.62. The number of aryl methyl sites for hydroxylation is 1. The minimum atomic E-state index is -1.25. The maximum atomic E-state index is 10.8. The third-order valence-electron chi connectivity index (χ3n) is 3.17. The number of nitrogens with one attached hydrogen (secondary N) is 1. The Kier molecular flexibility index (Phi) is 3.24. The molecule has 1 N–H and O–H groups in total. The zero-order valence-electron chi connectivity index (χ0n) is 9.41. The number of piperidine rings is 1. The van der Waals surface area contributed by atoms with Crippen LogP contribution < -0.4 is 10.0 Å². The maximum Gasteiger partial charge on any atom is 0.143 e. The number of aromatic carboxylic acids is 1. The van der Waals surface area contributed by atoms with E-state index in [1.54, 1.807) is 6.92 Å². The highest BCUT2D eigenvalue weighted by atomic mass is 16.5. The van der Waals surface area contributed by atoms with Crippen molar-refractivity contribution in [2.75, 3.05) is 13.1 Å². The molecule has 5 nitrogen and oxygen atoms in total. The summed E-state index contributed by atoms with van der Waals surface area (Å²) in [4.78, 5) is 12.2. The highest BCUT2D eigenvalue weighted by molar-refractivity contribution is 5.85. The van der Waals surface area contributed by atoms with Gasteiger partial charge in [-0.3, -0.25) is 0 Å². The molecule has 2 rings (SSSR count). The van der Waals surface area contributed by atoms with Gasteiger partial charge in [0.2, 0.25) is 0 Å². The Hall–Kier alpha value is -1.36. The Balaban J connectivity index is 2.12. The lowest BCUT2D eigenvalue weighted by atomic mass is 10.1. The predicted molar refractivity (Wildman–Crippen MR) is 53.8 cm³/mol. The number of carbonyl (C=O) groups excluding carboxylic acids is 1. The molecule has 0 saturated carbocycles. The molecule has 16 heavy (non-hydrogen) atoms. The summed E-state index contributed by atoms with van der Waals surface area (Å²) in [5.74, 6) is -0.652. The molecule has 0 unspecified atom stereocenters. The highest BCUT2D eigenvalue weighted by Crippen LogP contribution is 2.11. The fraction of sp³-hybridized carbons (Fsp3) is 0.636. The Morgan fingerprint density at radius 2 is 2.12 bits per heavy atom. The number of aromatic nitrogens is 1. The minimum Gasteiger partial charge on any atom is -0.543 e. The molecule has 1 aliphatic heterocycles. The first-order chi connectivity index (χ1) is 7.68. The molecule has 1 aliphatic rings. The van der Waals surface area contributed by atoms with Crippen molar-refractivity contribution in [3.63, 3.8) is 0 Å². The standard InChI is InChI=1S/C11H16N2O3/c1-8-9(10(11(14)15)12-16-8)7-13-5-3-2-4-6-13/h2-7H2,1H3,(H,14,15). The number of likely N-dealkylation sites (tertiary alicyclic amines) is 1. The van der Waals surface area contributed by atoms with Gasteiger partial charge in [-0.05, 0) is 26.2 Å². The number of carbonyl (C=O) groups is 1. The minimum absolute atomic E-state index is 0.0319. The topological polar surface area (TPSA) is 70.6 Å². The lowest BCUT2D eigenvalue weighted by Crippen LogP contribution is -3.11. The Bertz CT molecular complexity index is 381. The van der Waals surface area contributed by atoms with Gasteiger partial charge in [-0.1, -0.05) is 5.16 Å². The van der Waals surface area contributed by atoms with Crippen LogP contribution in [0.2, 0.25) is 0 Å². The molecule has 0 aromatic carbocycles. The number of carboxylic acids is 1. The molecule has 0 spiro atoms. The summed E-state index contributed by atoms with van der Waals surface area (Å²) in [7, 11) is 0. The van der Waals surface area contributed by atoms with Gasteiger partial charge in [0.05, 0.1) is 24.6 Å². The third kappa shape index (κ3) is 2.24. The van der Waals surface area contributed by atoms with Crippen LogP contribution in [0.15, 0.2) is 4.52 Å². The molecule has 0 aliphatic carbocycles. The summed E-state index contributed by atoms with van der Waals surface area (Å²) in [6, 6.07) is 0. The van der Waals surface area contributed by atoms with Crippen molar-refractivity contribution in [3.05, 3.63) is 17.0 Å². The molecule has 1 aromatic heterocycles. The molecule has 1 fully saturated rings. The highest BCUT2D eigenvalue weighted by Gasteiger charge is 2.21. The van der Waals surface area contributed by atoms with Crippen LogP contribution in [-0.2, 0) is 6.54 Å². The Morgan fingerprint density at radius 1 is 1.44 bits per heavy atom. The fourth-order valence-corrected chi connectivity index (χ4v) is 2.24. The summed E-state index contributed by atoms with van der Waals surface area (Å²) in [5.41, 5.74) is 0.660. The number of hydrogen-bond donors (Lipinski definition) is 1. The van der Waals surface area contributed by atoms with E-state index in [0.29, 0.717) is 17.9 Å². The van der Waals surface area contributed by atoms with Gasteiger partial charge < -0.3 is 19.3 Å². The van der Waals surface area contributed by atoms with E-state index < -0.39 is 5.97 Å². The second kappa shape index (κ2) is 4.65. The van der Waals surface area contributed by atoms with Gasteiger partial charge in [0.15, 0.2) is 0 Å². The second-order valence-corrected chi connectivity index (χ2v) is 4.34. The van der Waals surface area contributed by atoms with Crippen LogP contribution >= 0.6 is 0 Å². The first-order valence-corrected chi connectivity index (χ1v) is 5.68. The quantitative estimate of drug-likeness (QED) is 0.708. The van der Waals surface area contributed by atoms with Crippen LogP contribution in [0.3, 0.4) is 0 Å². The van der Waals surface area contributed by atoms with E-state index in [1.165, 1.54) is 24.2 Å². The monoisotopic (exact) mass is 224 g/mol. The molecular formula is C11H16N2O3. The molecule has 5 heteroatoms. The summed E-state index contributed by atoms with van der Waals surface area (Å²) in [5, 5.41) is 14.4. The molecule has 1 saturated heterocycles. The van der Waals surface area contributed by atoms with E-state index in [2.05, 4.69) is 5.16 Å². The summed E-state index contributed by atoms with van der Waals surface area (Å²) in [6.07, 6.45) is 3.69.